The molecule has 26 heavy (non-hydrogen) atoms. The number of nitrogens with one attached hydrogen (secondary N) is 1. The summed E-state index contributed by atoms with van der Waals surface area (Å²) < 4.78 is 0. The van der Waals surface area contributed by atoms with Gasteiger partial charge in [0.15, 0.2) is 0 Å². The maximum absolute atomic E-state index is 12.6. The third kappa shape index (κ3) is 3.38. The fraction of sp³-hybridized carbons (Fsp3) is 0.294. The molecule has 1 aliphatic carbocycles. The maximum Gasteiger partial charge on any atom is 0.270 e. The Balaban J connectivity index is 1.48. The van der Waals surface area contributed by atoms with Crippen LogP contribution in [0.4, 0.5) is 5.95 Å². The highest BCUT2D eigenvalue weighted by molar-refractivity contribution is 7.13. The molecule has 0 radical (unpaired) electrons. The fourth-order valence-electron chi connectivity index (χ4n) is 2.97. The van der Waals surface area contributed by atoms with E-state index in [1.54, 1.807) is 18.6 Å². The minimum absolute atomic E-state index is 0.148. The number of aryl methyl sites for hydroxylation is 1. The number of nitrogen functional groups attached to an aromatic ring is 1. The third-order valence-electron chi connectivity index (χ3n) is 4.18. The van der Waals surface area contributed by atoms with Crippen molar-refractivity contribution in [1.29, 1.82) is 0 Å². The molecule has 3 aromatic rings. The Labute approximate surface area is 154 Å². The summed E-state index contributed by atoms with van der Waals surface area (Å²) in [6.45, 7) is 0.314. The summed E-state index contributed by atoms with van der Waals surface area (Å²) in [4.78, 5) is 33.8. The molecule has 4 rings (SSSR count). The number of thiazole rings is 1. The average Bonchev–Trinajstić information content (AvgIpc) is 3.15. The van der Waals surface area contributed by atoms with E-state index in [1.165, 1.54) is 11.3 Å². The van der Waals surface area contributed by atoms with Crippen molar-refractivity contribution >= 4 is 23.2 Å². The molecule has 0 unspecified atom stereocenters. The molecule has 9 heteroatoms. The largest absolute Gasteiger partial charge is 0.368 e. The van der Waals surface area contributed by atoms with Gasteiger partial charge in [-0.15, -0.1) is 11.3 Å². The Bertz CT molecular complexity index is 942. The molecule has 0 atom stereocenters. The van der Waals surface area contributed by atoms with Crippen LogP contribution in [-0.2, 0) is 19.4 Å². The van der Waals surface area contributed by atoms with Gasteiger partial charge in [-0.2, -0.15) is 0 Å². The monoisotopic (exact) mass is 367 g/mol. The second-order valence-electron chi connectivity index (χ2n) is 5.98. The number of anilines is 1. The lowest BCUT2D eigenvalue weighted by Crippen LogP contribution is -2.27. The van der Waals surface area contributed by atoms with Gasteiger partial charge in [-0.05, 0) is 25.7 Å². The van der Waals surface area contributed by atoms with E-state index in [4.69, 9.17) is 5.73 Å². The van der Waals surface area contributed by atoms with E-state index >= 15 is 0 Å². The molecule has 8 nitrogen and oxygen atoms in total. The lowest BCUT2D eigenvalue weighted by atomic mass is 9.94. The van der Waals surface area contributed by atoms with Crippen molar-refractivity contribution in [3.63, 3.8) is 0 Å². The summed E-state index contributed by atoms with van der Waals surface area (Å²) in [5.41, 5.74) is 9.45. The molecule has 3 N–H and O–H groups in total. The van der Waals surface area contributed by atoms with Crippen LogP contribution in [0.25, 0.3) is 10.7 Å². The molecule has 0 fully saturated rings. The molecule has 0 bridgehead atoms. The Morgan fingerprint density at radius 2 is 2.08 bits per heavy atom. The van der Waals surface area contributed by atoms with Crippen molar-refractivity contribution in [2.24, 2.45) is 0 Å². The SMILES string of the molecule is Nc1nc2c(c(C(=O)NCc3csc(-c4cnccn4)n3)n1)CCCC2. The van der Waals surface area contributed by atoms with Crippen LogP contribution < -0.4 is 11.1 Å². The Hall–Kier alpha value is -2.94. The highest BCUT2D eigenvalue weighted by atomic mass is 32.1. The number of amides is 1. The Kier molecular flexibility index (Phi) is 4.53. The van der Waals surface area contributed by atoms with Gasteiger partial charge in [0.2, 0.25) is 5.95 Å². The molecule has 0 spiro atoms. The Morgan fingerprint density at radius 3 is 2.92 bits per heavy atom. The quantitative estimate of drug-likeness (QED) is 0.721. The number of fused-ring (bicyclic) bond motifs is 1. The molecule has 3 aromatic heterocycles. The first-order chi connectivity index (χ1) is 12.7. The van der Waals surface area contributed by atoms with Gasteiger partial charge in [-0.3, -0.25) is 14.8 Å². The molecular formula is C17H17N7OS. The van der Waals surface area contributed by atoms with Gasteiger partial charge >= 0.3 is 0 Å². The second-order valence-corrected chi connectivity index (χ2v) is 6.84. The summed E-state index contributed by atoms with van der Waals surface area (Å²) in [7, 11) is 0. The van der Waals surface area contributed by atoms with E-state index in [1.807, 2.05) is 5.38 Å². The predicted octanol–water partition coefficient (Wildman–Crippen LogP) is 1.78. The topological polar surface area (TPSA) is 120 Å². The number of aromatic nitrogens is 5. The molecule has 1 aliphatic rings. The van der Waals surface area contributed by atoms with Crippen molar-refractivity contribution in [3.8, 4) is 10.7 Å². The smallest absolute Gasteiger partial charge is 0.270 e. The lowest BCUT2D eigenvalue weighted by molar-refractivity contribution is 0.0944. The minimum atomic E-state index is -0.244. The number of carbonyl (C=O) groups excluding carboxylic acids is 1. The first kappa shape index (κ1) is 16.5. The number of nitrogens with two attached hydrogens (primary N) is 1. The normalized spacial score (nSPS) is 13.2. The van der Waals surface area contributed by atoms with E-state index in [-0.39, 0.29) is 11.9 Å². The van der Waals surface area contributed by atoms with Gasteiger partial charge in [0.25, 0.3) is 5.91 Å². The van der Waals surface area contributed by atoms with E-state index in [0.29, 0.717) is 17.9 Å². The molecule has 0 aliphatic heterocycles. The van der Waals surface area contributed by atoms with Gasteiger partial charge in [0.05, 0.1) is 18.4 Å². The number of carbonyl (C=O) groups is 1. The van der Waals surface area contributed by atoms with E-state index in [0.717, 1.165) is 47.6 Å². The highest BCUT2D eigenvalue weighted by Crippen LogP contribution is 2.23. The maximum atomic E-state index is 12.6. The molecule has 1 amide bonds. The van der Waals surface area contributed by atoms with Crippen LogP contribution in [0, 0.1) is 0 Å². The standard InChI is InChI=1S/C17H17N7OS/c18-17-23-12-4-2-1-3-11(12)14(24-17)15(25)21-7-10-9-26-16(22-10)13-8-19-5-6-20-13/h5-6,8-9H,1-4,7H2,(H,21,25)(H2,18,23,24). The van der Waals surface area contributed by atoms with E-state index in [9.17, 15) is 4.79 Å². The molecular weight excluding hydrogens is 350 g/mol. The van der Waals surface area contributed by atoms with Gasteiger partial charge in [0.1, 0.15) is 16.4 Å². The van der Waals surface area contributed by atoms with E-state index < -0.39 is 0 Å². The molecule has 0 saturated carbocycles. The summed E-state index contributed by atoms with van der Waals surface area (Å²) in [6, 6.07) is 0. The molecule has 0 aromatic carbocycles. The summed E-state index contributed by atoms with van der Waals surface area (Å²) in [6.07, 6.45) is 8.66. The van der Waals surface area contributed by atoms with Gasteiger partial charge in [0, 0.05) is 29.0 Å². The minimum Gasteiger partial charge on any atom is -0.368 e. The van der Waals surface area contributed by atoms with Gasteiger partial charge < -0.3 is 11.1 Å². The van der Waals surface area contributed by atoms with Crippen molar-refractivity contribution in [3.05, 3.63) is 46.6 Å². The van der Waals surface area contributed by atoms with Crippen LogP contribution in [0.15, 0.2) is 24.0 Å². The summed E-state index contributed by atoms with van der Waals surface area (Å²) in [5, 5.41) is 5.55. The molecule has 3 heterocycles. The van der Waals surface area contributed by atoms with Crippen molar-refractivity contribution < 1.29 is 4.79 Å². The van der Waals surface area contributed by atoms with Crippen LogP contribution in [0.5, 0.6) is 0 Å². The number of rotatable bonds is 4. The van der Waals surface area contributed by atoms with Crippen LogP contribution in [0.1, 0.15) is 40.3 Å². The molecule has 0 saturated heterocycles. The first-order valence-electron chi connectivity index (χ1n) is 8.35. The second kappa shape index (κ2) is 7.12. The van der Waals surface area contributed by atoms with Crippen LogP contribution in [0.2, 0.25) is 0 Å². The average molecular weight is 367 g/mol. The number of nitrogens with zero attached hydrogens (tertiary/aromatic N) is 5. The van der Waals surface area contributed by atoms with E-state index in [2.05, 4.69) is 30.2 Å². The zero-order valence-corrected chi connectivity index (χ0v) is 14.8. The first-order valence-corrected chi connectivity index (χ1v) is 9.23. The van der Waals surface area contributed by atoms with Gasteiger partial charge in [-0.1, -0.05) is 0 Å². The Morgan fingerprint density at radius 1 is 1.19 bits per heavy atom. The number of hydrogen-bond acceptors (Lipinski definition) is 8. The molecule has 132 valence electrons. The number of hydrogen-bond donors (Lipinski definition) is 2. The van der Waals surface area contributed by atoms with Crippen molar-refractivity contribution in [1.82, 2.24) is 30.2 Å². The van der Waals surface area contributed by atoms with Crippen molar-refractivity contribution in [2.75, 3.05) is 5.73 Å². The zero-order valence-electron chi connectivity index (χ0n) is 14.0. The third-order valence-corrected chi connectivity index (χ3v) is 5.09. The van der Waals surface area contributed by atoms with Crippen molar-refractivity contribution in [2.45, 2.75) is 32.2 Å². The summed E-state index contributed by atoms with van der Waals surface area (Å²) in [5.74, 6) is -0.0966. The highest BCUT2D eigenvalue weighted by Gasteiger charge is 2.21. The summed E-state index contributed by atoms with van der Waals surface area (Å²) >= 11 is 1.46. The van der Waals surface area contributed by atoms with Crippen LogP contribution >= 0.6 is 11.3 Å². The van der Waals surface area contributed by atoms with Gasteiger partial charge in [-0.25, -0.2) is 15.0 Å². The fourth-order valence-corrected chi connectivity index (χ4v) is 3.75. The predicted molar refractivity (Wildman–Crippen MR) is 97.4 cm³/mol. The van der Waals surface area contributed by atoms with Crippen LogP contribution in [0.3, 0.4) is 0 Å². The lowest BCUT2D eigenvalue weighted by Gasteiger charge is -2.17. The van der Waals surface area contributed by atoms with Crippen LogP contribution in [-0.4, -0.2) is 30.8 Å². The zero-order chi connectivity index (χ0) is 17.9.